The lowest BCUT2D eigenvalue weighted by Crippen LogP contribution is -2.27. The number of nitrogens with one attached hydrogen (secondary N) is 2. The summed E-state index contributed by atoms with van der Waals surface area (Å²) in [6.07, 6.45) is 0.973. The van der Waals surface area contributed by atoms with Crippen molar-refractivity contribution in [2.24, 2.45) is 0 Å². The fourth-order valence-electron chi connectivity index (χ4n) is 3.28. The van der Waals surface area contributed by atoms with Crippen LogP contribution in [0.1, 0.15) is 25.1 Å². The maximum absolute atomic E-state index is 12.5. The lowest BCUT2D eigenvalue weighted by Gasteiger charge is -2.14. The molecule has 3 aromatic rings. The van der Waals surface area contributed by atoms with Crippen LogP contribution in [0.3, 0.4) is 0 Å². The van der Waals surface area contributed by atoms with E-state index < -0.39 is 0 Å². The molecule has 1 aliphatic rings. The van der Waals surface area contributed by atoms with Crippen LogP contribution in [-0.4, -0.2) is 21.2 Å². The number of hydrogen-bond acceptors (Lipinski definition) is 5. The van der Waals surface area contributed by atoms with E-state index in [2.05, 4.69) is 15.6 Å². The SMILES string of the molecule is CCc1cc(=O)n2c(n1)SCC2CC(=O)Nc1ccc(Nc2ccccc2)cc1. The highest BCUT2D eigenvalue weighted by Crippen LogP contribution is 2.32. The van der Waals surface area contributed by atoms with E-state index >= 15 is 0 Å². The third kappa shape index (κ3) is 4.51. The van der Waals surface area contributed by atoms with Gasteiger partial charge in [0.25, 0.3) is 5.56 Å². The van der Waals surface area contributed by atoms with Crippen molar-refractivity contribution < 1.29 is 4.79 Å². The molecule has 4 rings (SSSR count). The van der Waals surface area contributed by atoms with Gasteiger partial charge in [-0.3, -0.25) is 14.2 Å². The maximum atomic E-state index is 12.5. The first-order chi connectivity index (χ1) is 14.1. The molecule has 0 aliphatic carbocycles. The van der Waals surface area contributed by atoms with Crippen molar-refractivity contribution in [2.75, 3.05) is 16.4 Å². The van der Waals surface area contributed by atoms with Crippen LogP contribution in [0, 0.1) is 0 Å². The topological polar surface area (TPSA) is 76.0 Å². The lowest BCUT2D eigenvalue weighted by molar-refractivity contribution is -0.116. The number of amides is 1. The average molecular weight is 407 g/mol. The van der Waals surface area contributed by atoms with E-state index in [1.54, 1.807) is 10.6 Å². The fraction of sp³-hybridized carbons (Fsp3) is 0.227. The standard InChI is InChI=1S/C22H22N4O2S/c1-2-15-12-21(28)26-19(14-29-22(26)25-15)13-20(27)24-18-10-8-17(9-11-18)23-16-6-4-3-5-7-16/h3-12,19,23H,2,13-14H2,1H3,(H,24,27). The van der Waals surface area contributed by atoms with Gasteiger partial charge in [-0.25, -0.2) is 4.98 Å². The molecule has 0 saturated carbocycles. The summed E-state index contributed by atoms with van der Waals surface area (Å²) in [5, 5.41) is 6.94. The van der Waals surface area contributed by atoms with Crippen LogP contribution in [0.25, 0.3) is 0 Å². The maximum Gasteiger partial charge on any atom is 0.254 e. The van der Waals surface area contributed by atoms with Crippen LogP contribution in [-0.2, 0) is 11.2 Å². The Morgan fingerprint density at radius 3 is 2.52 bits per heavy atom. The summed E-state index contributed by atoms with van der Waals surface area (Å²) in [6.45, 7) is 1.98. The Morgan fingerprint density at radius 1 is 1.10 bits per heavy atom. The van der Waals surface area contributed by atoms with Crippen molar-refractivity contribution in [2.45, 2.75) is 31.0 Å². The zero-order valence-electron chi connectivity index (χ0n) is 16.1. The third-order valence-electron chi connectivity index (χ3n) is 4.76. The summed E-state index contributed by atoms with van der Waals surface area (Å²) in [5.74, 6) is 0.571. The summed E-state index contributed by atoms with van der Waals surface area (Å²) >= 11 is 1.53. The van der Waals surface area contributed by atoms with E-state index in [-0.39, 0.29) is 23.9 Å². The van der Waals surface area contributed by atoms with E-state index in [4.69, 9.17) is 0 Å². The Hall–Kier alpha value is -3.06. The molecule has 2 heterocycles. The van der Waals surface area contributed by atoms with Gasteiger partial charge in [0, 0.05) is 41.0 Å². The quantitative estimate of drug-likeness (QED) is 0.599. The van der Waals surface area contributed by atoms with Gasteiger partial charge in [-0.15, -0.1) is 0 Å². The van der Waals surface area contributed by atoms with Gasteiger partial charge in [-0.05, 0) is 42.8 Å². The number of thioether (sulfide) groups is 1. The monoisotopic (exact) mass is 406 g/mol. The minimum absolute atomic E-state index is 0.0778. The van der Waals surface area contributed by atoms with Crippen molar-refractivity contribution in [1.82, 2.24) is 9.55 Å². The van der Waals surface area contributed by atoms with Crippen LogP contribution in [0.2, 0.25) is 0 Å². The zero-order valence-corrected chi connectivity index (χ0v) is 16.9. The van der Waals surface area contributed by atoms with Crippen molar-refractivity contribution in [1.29, 1.82) is 0 Å². The van der Waals surface area contributed by atoms with Gasteiger partial charge in [-0.1, -0.05) is 36.9 Å². The van der Waals surface area contributed by atoms with Gasteiger partial charge in [0.05, 0.1) is 6.04 Å². The number of carbonyl (C=O) groups excluding carboxylic acids is 1. The summed E-state index contributed by atoms with van der Waals surface area (Å²) < 4.78 is 1.65. The number of rotatable bonds is 6. The number of para-hydroxylation sites is 1. The van der Waals surface area contributed by atoms with E-state index in [1.165, 1.54) is 11.8 Å². The fourth-order valence-corrected chi connectivity index (χ4v) is 4.45. The summed E-state index contributed by atoms with van der Waals surface area (Å²) in [6, 6.07) is 18.9. The number of nitrogens with zero attached hydrogens (tertiary/aromatic N) is 2. The largest absolute Gasteiger partial charge is 0.356 e. The molecule has 0 fully saturated rings. The van der Waals surface area contributed by atoms with Crippen molar-refractivity contribution in [3.05, 3.63) is 76.7 Å². The highest BCUT2D eigenvalue weighted by molar-refractivity contribution is 7.99. The molecule has 6 nitrogen and oxygen atoms in total. The number of aryl methyl sites for hydroxylation is 1. The Morgan fingerprint density at radius 2 is 1.79 bits per heavy atom. The predicted octanol–water partition coefficient (Wildman–Crippen LogP) is 4.22. The molecule has 2 aromatic carbocycles. The molecule has 1 atom stereocenters. The molecule has 1 aromatic heterocycles. The second kappa shape index (κ2) is 8.53. The van der Waals surface area contributed by atoms with Gasteiger partial charge in [0.1, 0.15) is 0 Å². The normalized spacial score (nSPS) is 15.0. The van der Waals surface area contributed by atoms with E-state index in [0.29, 0.717) is 10.9 Å². The first kappa shape index (κ1) is 19.3. The first-order valence-corrected chi connectivity index (χ1v) is 10.6. The van der Waals surface area contributed by atoms with Crippen molar-refractivity contribution >= 4 is 34.7 Å². The van der Waals surface area contributed by atoms with E-state index in [9.17, 15) is 9.59 Å². The molecule has 0 radical (unpaired) electrons. The Bertz CT molecular complexity index is 1060. The van der Waals surface area contributed by atoms with Crippen LogP contribution in [0.4, 0.5) is 17.1 Å². The smallest absolute Gasteiger partial charge is 0.254 e. The minimum Gasteiger partial charge on any atom is -0.356 e. The summed E-state index contributed by atoms with van der Waals surface area (Å²) in [7, 11) is 0. The minimum atomic E-state index is -0.167. The molecule has 2 N–H and O–H groups in total. The molecule has 0 spiro atoms. The number of aromatic nitrogens is 2. The Balaban J connectivity index is 1.38. The lowest BCUT2D eigenvalue weighted by atomic mass is 10.2. The zero-order chi connectivity index (χ0) is 20.2. The van der Waals surface area contributed by atoms with Gasteiger partial charge in [0.2, 0.25) is 5.91 Å². The third-order valence-corrected chi connectivity index (χ3v) is 5.85. The van der Waals surface area contributed by atoms with Gasteiger partial charge in [0.15, 0.2) is 5.16 Å². The molecule has 29 heavy (non-hydrogen) atoms. The van der Waals surface area contributed by atoms with Crippen molar-refractivity contribution in [3.63, 3.8) is 0 Å². The molecule has 148 valence electrons. The van der Waals surface area contributed by atoms with E-state index in [1.807, 2.05) is 61.5 Å². The second-order valence-electron chi connectivity index (χ2n) is 6.88. The van der Waals surface area contributed by atoms with Crippen LogP contribution in [0.15, 0.2) is 70.6 Å². The van der Waals surface area contributed by atoms with Crippen LogP contribution >= 0.6 is 11.8 Å². The van der Waals surface area contributed by atoms with Gasteiger partial charge >= 0.3 is 0 Å². The summed E-state index contributed by atoms with van der Waals surface area (Å²) in [5.41, 5.74) is 3.40. The molecule has 1 amide bonds. The Labute approximate surface area is 173 Å². The summed E-state index contributed by atoms with van der Waals surface area (Å²) in [4.78, 5) is 29.4. The second-order valence-corrected chi connectivity index (χ2v) is 7.86. The van der Waals surface area contributed by atoms with Gasteiger partial charge < -0.3 is 10.6 Å². The molecular formula is C22H22N4O2S. The van der Waals surface area contributed by atoms with E-state index in [0.717, 1.165) is 29.2 Å². The van der Waals surface area contributed by atoms with Gasteiger partial charge in [-0.2, -0.15) is 0 Å². The molecule has 7 heteroatoms. The number of fused-ring (bicyclic) bond motifs is 1. The van der Waals surface area contributed by atoms with Crippen LogP contribution < -0.4 is 16.2 Å². The molecule has 0 bridgehead atoms. The Kier molecular flexibility index (Phi) is 5.67. The molecular weight excluding hydrogens is 384 g/mol. The highest BCUT2D eigenvalue weighted by Gasteiger charge is 2.27. The number of carbonyl (C=O) groups is 1. The predicted molar refractivity (Wildman–Crippen MR) is 117 cm³/mol. The average Bonchev–Trinajstić information content (AvgIpc) is 3.13. The molecule has 1 unspecified atom stereocenters. The number of anilines is 3. The molecule has 1 aliphatic heterocycles. The molecule has 0 saturated heterocycles. The number of hydrogen-bond donors (Lipinski definition) is 2. The first-order valence-electron chi connectivity index (χ1n) is 9.59. The number of benzene rings is 2. The van der Waals surface area contributed by atoms with Crippen LogP contribution in [0.5, 0.6) is 0 Å². The van der Waals surface area contributed by atoms with Crippen molar-refractivity contribution in [3.8, 4) is 0 Å². The highest BCUT2D eigenvalue weighted by atomic mass is 32.2.